The predicted molar refractivity (Wildman–Crippen MR) is 50.8 cm³/mol. The van der Waals surface area contributed by atoms with Crippen molar-refractivity contribution >= 4 is 0 Å². The normalized spacial score (nSPS) is 10.6. The fraction of sp³-hybridized carbons (Fsp3) is 0.400. The highest BCUT2D eigenvalue weighted by molar-refractivity contribution is 5.14. The predicted octanol–water partition coefficient (Wildman–Crippen LogP) is 2.05. The number of hydrogen-bond acceptors (Lipinski definition) is 2. The Hall–Kier alpha value is -0.860. The van der Waals surface area contributed by atoms with E-state index < -0.39 is 0 Å². The standard InChI is InChI=1S/C10H14NO/c1-11(12)9-5-8-10-6-3-2-4-7-10/h2-4,6-7H,5,8-9H2,1H3/q-1. The second-order valence-corrected chi connectivity index (χ2v) is 2.94. The molecule has 1 aromatic rings. The van der Waals surface area contributed by atoms with Gasteiger partial charge in [0.25, 0.3) is 0 Å². The number of hydrogen-bond donors (Lipinski definition) is 0. The van der Waals surface area contributed by atoms with E-state index in [-0.39, 0.29) is 0 Å². The molecule has 2 nitrogen and oxygen atoms in total. The van der Waals surface area contributed by atoms with Crippen LogP contribution in [0.25, 0.3) is 0 Å². The molecular weight excluding hydrogens is 150 g/mol. The van der Waals surface area contributed by atoms with Gasteiger partial charge in [0.15, 0.2) is 0 Å². The van der Waals surface area contributed by atoms with Gasteiger partial charge in [-0.1, -0.05) is 30.3 Å². The van der Waals surface area contributed by atoms with Gasteiger partial charge in [0.2, 0.25) is 0 Å². The van der Waals surface area contributed by atoms with Crippen LogP contribution in [0.4, 0.5) is 0 Å². The summed E-state index contributed by atoms with van der Waals surface area (Å²) in [7, 11) is 1.56. The molecule has 0 saturated heterocycles. The summed E-state index contributed by atoms with van der Waals surface area (Å²) in [6.07, 6.45) is 1.93. The lowest BCUT2D eigenvalue weighted by molar-refractivity contribution is 0.446. The van der Waals surface area contributed by atoms with E-state index in [4.69, 9.17) is 0 Å². The average Bonchev–Trinajstić information content (AvgIpc) is 2.05. The van der Waals surface area contributed by atoms with Crippen molar-refractivity contribution in [3.05, 3.63) is 41.1 Å². The topological polar surface area (TPSA) is 26.3 Å². The van der Waals surface area contributed by atoms with E-state index in [9.17, 15) is 5.21 Å². The Morgan fingerprint density at radius 3 is 2.50 bits per heavy atom. The first-order valence-electron chi connectivity index (χ1n) is 4.21. The fourth-order valence-corrected chi connectivity index (χ4v) is 1.15. The maximum atomic E-state index is 10.6. The largest absolute Gasteiger partial charge is 0.785 e. The lowest BCUT2D eigenvalue weighted by Gasteiger charge is -2.21. The molecule has 12 heavy (non-hydrogen) atoms. The third-order valence-corrected chi connectivity index (χ3v) is 1.78. The highest BCUT2D eigenvalue weighted by atomic mass is 16.5. The van der Waals surface area contributed by atoms with Gasteiger partial charge >= 0.3 is 0 Å². The Kier molecular flexibility index (Phi) is 3.77. The molecule has 0 bridgehead atoms. The van der Waals surface area contributed by atoms with Crippen LogP contribution in [0, 0.1) is 5.21 Å². The fourth-order valence-electron chi connectivity index (χ4n) is 1.15. The van der Waals surface area contributed by atoms with Crippen LogP contribution in [0.1, 0.15) is 12.0 Å². The highest BCUT2D eigenvalue weighted by Crippen LogP contribution is 2.02. The van der Waals surface area contributed by atoms with Crippen molar-refractivity contribution in [3.8, 4) is 0 Å². The quantitative estimate of drug-likeness (QED) is 0.636. The van der Waals surface area contributed by atoms with Gasteiger partial charge in [0.05, 0.1) is 0 Å². The minimum Gasteiger partial charge on any atom is -0.785 e. The highest BCUT2D eigenvalue weighted by Gasteiger charge is 1.90. The Labute approximate surface area is 73.4 Å². The van der Waals surface area contributed by atoms with E-state index in [1.807, 2.05) is 18.2 Å². The molecule has 0 aliphatic rings. The molecule has 0 amide bonds. The van der Waals surface area contributed by atoms with Crippen molar-refractivity contribution in [1.82, 2.24) is 5.06 Å². The van der Waals surface area contributed by atoms with Gasteiger partial charge < -0.3 is 10.3 Å². The summed E-state index contributed by atoms with van der Waals surface area (Å²) in [6, 6.07) is 10.2. The Morgan fingerprint density at radius 1 is 1.25 bits per heavy atom. The number of benzene rings is 1. The van der Waals surface area contributed by atoms with Crippen molar-refractivity contribution in [3.63, 3.8) is 0 Å². The zero-order valence-electron chi connectivity index (χ0n) is 7.36. The molecule has 66 valence electrons. The molecule has 1 aromatic carbocycles. The lowest BCUT2D eigenvalue weighted by Crippen LogP contribution is -2.11. The molecule has 0 aromatic heterocycles. The van der Waals surface area contributed by atoms with Crippen LogP contribution in [0.15, 0.2) is 30.3 Å². The molecule has 2 heteroatoms. The molecule has 1 rings (SSSR count). The molecule has 0 aliphatic carbocycles. The van der Waals surface area contributed by atoms with Crippen molar-refractivity contribution < 1.29 is 0 Å². The smallest absolute Gasteiger partial charge is 0.0143 e. The van der Waals surface area contributed by atoms with Crippen LogP contribution in [-0.4, -0.2) is 18.7 Å². The second kappa shape index (κ2) is 4.91. The summed E-state index contributed by atoms with van der Waals surface area (Å²) in [4.78, 5) is 0. The number of hydroxylamine groups is 2. The summed E-state index contributed by atoms with van der Waals surface area (Å²) < 4.78 is 0. The molecule has 0 fully saturated rings. The van der Waals surface area contributed by atoms with E-state index in [0.29, 0.717) is 6.54 Å². The van der Waals surface area contributed by atoms with Gasteiger partial charge in [-0.05, 0) is 32.0 Å². The summed E-state index contributed by atoms with van der Waals surface area (Å²) >= 11 is 0. The molecule has 0 atom stereocenters. The van der Waals surface area contributed by atoms with Gasteiger partial charge in [0, 0.05) is 0 Å². The van der Waals surface area contributed by atoms with Crippen LogP contribution in [-0.2, 0) is 6.42 Å². The zero-order valence-corrected chi connectivity index (χ0v) is 7.36. The van der Waals surface area contributed by atoms with E-state index in [2.05, 4.69) is 12.1 Å². The number of aryl methyl sites for hydroxylation is 1. The molecule has 0 N–H and O–H groups in total. The van der Waals surface area contributed by atoms with Crippen molar-refractivity contribution in [2.75, 3.05) is 13.6 Å². The molecule has 0 aliphatic heterocycles. The van der Waals surface area contributed by atoms with E-state index in [1.54, 1.807) is 7.05 Å². The first-order valence-corrected chi connectivity index (χ1v) is 4.21. The molecule has 0 spiro atoms. The summed E-state index contributed by atoms with van der Waals surface area (Å²) in [6.45, 7) is 0.620. The summed E-state index contributed by atoms with van der Waals surface area (Å²) in [5.74, 6) is 0. The van der Waals surface area contributed by atoms with Crippen LogP contribution in [0.3, 0.4) is 0 Å². The zero-order chi connectivity index (χ0) is 8.81. The third-order valence-electron chi connectivity index (χ3n) is 1.78. The molecular formula is C10H14NO-. The Balaban J connectivity index is 2.25. The van der Waals surface area contributed by atoms with Gasteiger partial charge in [-0.2, -0.15) is 0 Å². The number of nitrogens with zero attached hydrogens (tertiary/aromatic N) is 1. The molecule has 0 saturated carbocycles. The first kappa shape index (κ1) is 9.23. The molecule has 0 unspecified atom stereocenters. The summed E-state index contributed by atoms with van der Waals surface area (Å²) in [5, 5.41) is 11.5. The Bertz CT molecular complexity index is 208. The lowest BCUT2D eigenvalue weighted by atomic mass is 10.1. The molecule has 0 radical (unpaired) electrons. The van der Waals surface area contributed by atoms with Crippen LogP contribution in [0.5, 0.6) is 0 Å². The van der Waals surface area contributed by atoms with E-state index in [1.165, 1.54) is 5.56 Å². The Morgan fingerprint density at radius 2 is 1.92 bits per heavy atom. The minimum absolute atomic E-state index is 0.620. The van der Waals surface area contributed by atoms with E-state index >= 15 is 0 Å². The van der Waals surface area contributed by atoms with Gasteiger partial charge in [-0.25, -0.2) is 0 Å². The average molecular weight is 164 g/mol. The first-order chi connectivity index (χ1) is 5.79. The second-order valence-electron chi connectivity index (χ2n) is 2.94. The van der Waals surface area contributed by atoms with E-state index in [0.717, 1.165) is 17.9 Å². The van der Waals surface area contributed by atoms with Crippen LogP contribution < -0.4 is 0 Å². The van der Waals surface area contributed by atoms with Crippen molar-refractivity contribution in [1.29, 1.82) is 0 Å². The monoisotopic (exact) mass is 164 g/mol. The van der Waals surface area contributed by atoms with Gasteiger partial charge in [-0.15, -0.1) is 0 Å². The van der Waals surface area contributed by atoms with Crippen LogP contribution >= 0.6 is 0 Å². The molecule has 0 heterocycles. The maximum absolute atomic E-state index is 10.6. The SMILES string of the molecule is CN([O-])CCCc1ccccc1. The minimum atomic E-state index is 0.620. The van der Waals surface area contributed by atoms with Crippen molar-refractivity contribution in [2.24, 2.45) is 0 Å². The maximum Gasteiger partial charge on any atom is -0.0143 e. The van der Waals surface area contributed by atoms with Gasteiger partial charge in [0.1, 0.15) is 0 Å². The summed E-state index contributed by atoms with van der Waals surface area (Å²) in [5.41, 5.74) is 1.30. The third kappa shape index (κ3) is 3.51. The van der Waals surface area contributed by atoms with Crippen molar-refractivity contribution in [2.45, 2.75) is 12.8 Å². The van der Waals surface area contributed by atoms with Gasteiger partial charge in [-0.3, -0.25) is 0 Å². The number of rotatable bonds is 4. The van der Waals surface area contributed by atoms with Crippen LogP contribution in [0.2, 0.25) is 0 Å².